The second kappa shape index (κ2) is 9.58. The molecule has 1 unspecified atom stereocenters. The molecule has 126 valence electrons. The van der Waals surface area contributed by atoms with Crippen LogP contribution in [0.1, 0.15) is 24.0 Å². The molecule has 0 heterocycles. The molecule has 0 aliphatic heterocycles. The average Bonchev–Trinajstić information content (AvgIpc) is 2.64. The average molecular weight is 324 g/mol. The zero-order chi connectivity index (χ0) is 17.2. The van der Waals surface area contributed by atoms with Crippen LogP contribution in [-0.4, -0.2) is 11.2 Å². The van der Waals surface area contributed by atoms with Gasteiger partial charge in [0.2, 0.25) is 0 Å². The molecule has 2 rings (SSSR count). The summed E-state index contributed by atoms with van der Waals surface area (Å²) < 4.78 is 11.1. The SMILES string of the molecule is C=C(CCC(O)C(=C)OCc1ccccc1)OCc1ccccc1. The quantitative estimate of drug-likeness (QED) is 0.650. The Hall–Kier alpha value is -2.52. The summed E-state index contributed by atoms with van der Waals surface area (Å²) in [5, 5.41) is 10.1. The third-order valence-corrected chi connectivity index (χ3v) is 3.62. The van der Waals surface area contributed by atoms with E-state index >= 15 is 0 Å². The van der Waals surface area contributed by atoms with Crippen molar-refractivity contribution in [2.75, 3.05) is 0 Å². The predicted molar refractivity (Wildman–Crippen MR) is 96.0 cm³/mol. The molecule has 0 bridgehead atoms. The number of aliphatic hydroxyl groups excluding tert-OH is 1. The maximum Gasteiger partial charge on any atom is 0.118 e. The number of hydrogen-bond acceptors (Lipinski definition) is 3. The molecule has 2 aromatic carbocycles. The lowest BCUT2D eigenvalue weighted by Crippen LogP contribution is -2.12. The van der Waals surface area contributed by atoms with Crippen LogP contribution in [0.4, 0.5) is 0 Å². The Morgan fingerprint density at radius 2 is 1.33 bits per heavy atom. The van der Waals surface area contributed by atoms with E-state index in [0.29, 0.717) is 37.6 Å². The van der Waals surface area contributed by atoms with Crippen LogP contribution in [0.2, 0.25) is 0 Å². The summed E-state index contributed by atoms with van der Waals surface area (Å²) in [5.74, 6) is 1.02. The van der Waals surface area contributed by atoms with E-state index in [1.54, 1.807) is 0 Å². The molecule has 0 aromatic heterocycles. The van der Waals surface area contributed by atoms with Crippen LogP contribution in [0.3, 0.4) is 0 Å². The first-order valence-corrected chi connectivity index (χ1v) is 8.03. The van der Waals surface area contributed by atoms with Crippen molar-refractivity contribution in [2.24, 2.45) is 0 Å². The number of allylic oxidation sites excluding steroid dienone is 1. The molecule has 24 heavy (non-hydrogen) atoms. The maximum atomic E-state index is 10.1. The normalized spacial score (nSPS) is 11.5. The zero-order valence-corrected chi connectivity index (χ0v) is 13.9. The highest BCUT2D eigenvalue weighted by molar-refractivity contribution is 5.14. The third-order valence-electron chi connectivity index (χ3n) is 3.62. The molecule has 2 aromatic rings. The highest BCUT2D eigenvalue weighted by atomic mass is 16.5. The zero-order valence-electron chi connectivity index (χ0n) is 13.9. The summed E-state index contributed by atoms with van der Waals surface area (Å²) in [7, 11) is 0. The molecule has 0 aliphatic rings. The number of aliphatic hydroxyl groups is 1. The number of rotatable bonds is 10. The number of hydrogen-bond donors (Lipinski definition) is 1. The molecule has 0 saturated carbocycles. The van der Waals surface area contributed by atoms with E-state index in [1.165, 1.54) is 0 Å². The standard InChI is InChI=1S/C21H24O3/c1-17(23-15-19-9-5-3-6-10-19)13-14-21(22)18(2)24-16-20-11-7-4-8-12-20/h3-12,21-22H,1-2,13-16H2. The largest absolute Gasteiger partial charge is 0.494 e. The van der Waals surface area contributed by atoms with Gasteiger partial charge in [-0.25, -0.2) is 0 Å². The first-order chi connectivity index (χ1) is 11.6. The second-order valence-electron chi connectivity index (χ2n) is 5.61. The summed E-state index contributed by atoms with van der Waals surface area (Å²) >= 11 is 0. The fraction of sp³-hybridized carbons (Fsp3) is 0.238. The van der Waals surface area contributed by atoms with E-state index < -0.39 is 6.10 Å². The van der Waals surface area contributed by atoms with E-state index in [-0.39, 0.29) is 0 Å². The number of benzene rings is 2. The first-order valence-electron chi connectivity index (χ1n) is 8.03. The maximum absolute atomic E-state index is 10.1. The molecule has 0 spiro atoms. The summed E-state index contributed by atoms with van der Waals surface area (Å²) in [6.45, 7) is 8.58. The van der Waals surface area contributed by atoms with Crippen molar-refractivity contribution in [3.8, 4) is 0 Å². The monoisotopic (exact) mass is 324 g/mol. The van der Waals surface area contributed by atoms with Crippen molar-refractivity contribution in [3.05, 3.63) is 96.5 Å². The minimum atomic E-state index is -0.731. The summed E-state index contributed by atoms with van der Waals surface area (Å²) in [6, 6.07) is 19.7. The molecule has 0 aliphatic carbocycles. The van der Waals surface area contributed by atoms with Crippen molar-refractivity contribution < 1.29 is 14.6 Å². The van der Waals surface area contributed by atoms with Crippen LogP contribution < -0.4 is 0 Å². The van der Waals surface area contributed by atoms with Gasteiger partial charge in [0.15, 0.2) is 0 Å². The molecule has 0 saturated heterocycles. The molecule has 3 heteroatoms. The van der Waals surface area contributed by atoms with Gasteiger partial charge in [0.05, 0.1) is 5.76 Å². The highest BCUT2D eigenvalue weighted by Gasteiger charge is 2.11. The Labute approximate surface area is 143 Å². The van der Waals surface area contributed by atoms with Crippen molar-refractivity contribution >= 4 is 0 Å². The van der Waals surface area contributed by atoms with Crippen LogP contribution >= 0.6 is 0 Å². The Morgan fingerprint density at radius 1 is 0.833 bits per heavy atom. The Morgan fingerprint density at radius 3 is 1.88 bits per heavy atom. The Kier molecular flexibility index (Phi) is 7.12. The predicted octanol–water partition coefficient (Wildman–Crippen LogP) is 4.59. The highest BCUT2D eigenvalue weighted by Crippen LogP contribution is 2.16. The van der Waals surface area contributed by atoms with E-state index in [1.807, 2.05) is 60.7 Å². The molecule has 0 amide bonds. The van der Waals surface area contributed by atoms with Gasteiger partial charge in [0.1, 0.15) is 25.1 Å². The minimum Gasteiger partial charge on any atom is -0.494 e. The van der Waals surface area contributed by atoms with Crippen LogP contribution in [0.25, 0.3) is 0 Å². The van der Waals surface area contributed by atoms with Crippen molar-refractivity contribution in [3.63, 3.8) is 0 Å². The molecular weight excluding hydrogens is 300 g/mol. The molecule has 0 fully saturated rings. The van der Waals surface area contributed by atoms with Crippen LogP contribution in [0, 0.1) is 0 Å². The molecule has 1 N–H and O–H groups in total. The van der Waals surface area contributed by atoms with Crippen molar-refractivity contribution in [1.82, 2.24) is 0 Å². The number of ether oxygens (including phenoxy) is 2. The topological polar surface area (TPSA) is 38.7 Å². The van der Waals surface area contributed by atoms with Crippen molar-refractivity contribution in [2.45, 2.75) is 32.2 Å². The first kappa shape index (κ1) is 17.8. The molecule has 1 atom stereocenters. The van der Waals surface area contributed by atoms with E-state index in [9.17, 15) is 5.11 Å². The molecule has 0 radical (unpaired) electrons. The van der Waals surface area contributed by atoms with Crippen LogP contribution in [-0.2, 0) is 22.7 Å². The lowest BCUT2D eigenvalue weighted by molar-refractivity contribution is 0.0857. The fourth-order valence-electron chi connectivity index (χ4n) is 2.14. The van der Waals surface area contributed by atoms with Gasteiger partial charge in [-0.15, -0.1) is 0 Å². The minimum absolute atomic E-state index is 0.370. The van der Waals surface area contributed by atoms with Crippen LogP contribution in [0.5, 0.6) is 0 Å². The van der Waals surface area contributed by atoms with Crippen molar-refractivity contribution in [1.29, 1.82) is 0 Å². The van der Waals surface area contributed by atoms with E-state index in [2.05, 4.69) is 13.2 Å². The van der Waals surface area contributed by atoms with Gasteiger partial charge in [0, 0.05) is 6.42 Å². The van der Waals surface area contributed by atoms with E-state index in [0.717, 1.165) is 11.1 Å². The van der Waals surface area contributed by atoms with Gasteiger partial charge in [-0.2, -0.15) is 0 Å². The van der Waals surface area contributed by atoms with E-state index in [4.69, 9.17) is 9.47 Å². The van der Waals surface area contributed by atoms with Gasteiger partial charge in [-0.3, -0.25) is 0 Å². The Balaban J connectivity index is 1.65. The lowest BCUT2D eigenvalue weighted by Gasteiger charge is -2.16. The third kappa shape index (κ3) is 6.31. The van der Waals surface area contributed by atoms with Gasteiger partial charge >= 0.3 is 0 Å². The summed E-state index contributed by atoms with van der Waals surface area (Å²) in [6.07, 6.45) is 0.300. The summed E-state index contributed by atoms with van der Waals surface area (Å²) in [5.41, 5.74) is 2.14. The fourth-order valence-corrected chi connectivity index (χ4v) is 2.14. The van der Waals surface area contributed by atoms with Gasteiger partial charge in [-0.05, 0) is 17.5 Å². The van der Waals surface area contributed by atoms with Gasteiger partial charge in [0.25, 0.3) is 0 Å². The Bertz CT molecular complexity index is 635. The van der Waals surface area contributed by atoms with Gasteiger partial charge in [-0.1, -0.05) is 73.8 Å². The molecule has 3 nitrogen and oxygen atoms in total. The lowest BCUT2D eigenvalue weighted by atomic mass is 10.1. The second-order valence-corrected chi connectivity index (χ2v) is 5.61. The van der Waals surface area contributed by atoms with Crippen LogP contribution in [0.15, 0.2) is 85.3 Å². The molecular formula is C21H24O3. The van der Waals surface area contributed by atoms with Gasteiger partial charge < -0.3 is 14.6 Å². The smallest absolute Gasteiger partial charge is 0.118 e. The summed E-state index contributed by atoms with van der Waals surface area (Å²) in [4.78, 5) is 0.